The highest BCUT2D eigenvalue weighted by Crippen LogP contribution is 2.23. The molecule has 2 nitrogen and oxygen atoms in total. The van der Waals surface area contributed by atoms with Crippen LogP contribution in [0.3, 0.4) is 0 Å². The van der Waals surface area contributed by atoms with E-state index >= 15 is 0 Å². The van der Waals surface area contributed by atoms with Gasteiger partial charge in [-0.2, -0.15) is 0 Å². The standard InChI is InChI=1S/C18H18N2/c1-13-6-4-9-16(10-13)17-11-20(12-19-17)18-14(2)7-5-8-15(18)3/h4-12H,1-3H3. The van der Waals surface area contributed by atoms with E-state index in [1.807, 2.05) is 6.33 Å². The van der Waals surface area contributed by atoms with Crippen molar-refractivity contribution in [2.75, 3.05) is 0 Å². The van der Waals surface area contributed by atoms with Crippen LogP contribution in [0.2, 0.25) is 0 Å². The summed E-state index contributed by atoms with van der Waals surface area (Å²) in [5, 5.41) is 0. The number of benzene rings is 2. The number of hydrogen-bond acceptors (Lipinski definition) is 1. The van der Waals surface area contributed by atoms with Gasteiger partial charge in [-0.05, 0) is 38.0 Å². The zero-order chi connectivity index (χ0) is 14.1. The summed E-state index contributed by atoms with van der Waals surface area (Å²) in [4.78, 5) is 4.55. The molecule has 1 heterocycles. The number of nitrogens with zero attached hydrogens (tertiary/aromatic N) is 2. The Bertz CT molecular complexity index is 733. The molecule has 2 aromatic carbocycles. The second-order valence-electron chi connectivity index (χ2n) is 5.28. The van der Waals surface area contributed by atoms with Crippen molar-refractivity contribution in [3.05, 3.63) is 71.7 Å². The number of aromatic nitrogens is 2. The predicted octanol–water partition coefficient (Wildman–Crippen LogP) is 4.46. The molecule has 0 N–H and O–H groups in total. The van der Waals surface area contributed by atoms with Crippen molar-refractivity contribution in [1.82, 2.24) is 9.55 Å². The summed E-state index contributed by atoms with van der Waals surface area (Å²) in [6.07, 6.45) is 4.00. The van der Waals surface area contributed by atoms with Crippen molar-refractivity contribution in [3.63, 3.8) is 0 Å². The van der Waals surface area contributed by atoms with E-state index in [0.29, 0.717) is 0 Å². The smallest absolute Gasteiger partial charge is 0.0999 e. The average Bonchev–Trinajstić information content (AvgIpc) is 2.88. The lowest BCUT2D eigenvalue weighted by Crippen LogP contribution is -1.96. The summed E-state index contributed by atoms with van der Waals surface area (Å²) in [6, 6.07) is 14.8. The first-order valence-electron chi connectivity index (χ1n) is 6.83. The second kappa shape index (κ2) is 4.97. The molecule has 0 saturated carbocycles. The monoisotopic (exact) mass is 262 g/mol. The van der Waals surface area contributed by atoms with Crippen LogP contribution in [0.15, 0.2) is 55.0 Å². The molecule has 3 rings (SSSR count). The molecule has 0 saturated heterocycles. The number of hydrogen-bond donors (Lipinski definition) is 0. The molecule has 0 aliphatic heterocycles. The maximum atomic E-state index is 4.55. The van der Waals surface area contributed by atoms with Crippen LogP contribution in [0.25, 0.3) is 16.9 Å². The minimum Gasteiger partial charge on any atom is -0.305 e. The number of rotatable bonds is 2. The van der Waals surface area contributed by atoms with Crippen LogP contribution in [0.4, 0.5) is 0 Å². The Morgan fingerprint density at radius 1 is 0.900 bits per heavy atom. The van der Waals surface area contributed by atoms with E-state index < -0.39 is 0 Å². The van der Waals surface area contributed by atoms with Crippen molar-refractivity contribution in [2.45, 2.75) is 20.8 Å². The van der Waals surface area contributed by atoms with Crippen LogP contribution in [0.5, 0.6) is 0 Å². The molecule has 3 aromatic rings. The third kappa shape index (κ3) is 2.25. The van der Waals surface area contributed by atoms with Crippen molar-refractivity contribution in [2.24, 2.45) is 0 Å². The number of aryl methyl sites for hydroxylation is 3. The molecule has 0 aliphatic rings. The largest absolute Gasteiger partial charge is 0.305 e. The van der Waals surface area contributed by atoms with Gasteiger partial charge in [0.2, 0.25) is 0 Å². The zero-order valence-corrected chi connectivity index (χ0v) is 12.1. The number of imidazole rings is 1. The van der Waals surface area contributed by atoms with Gasteiger partial charge in [-0.25, -0.2) is 4.98 Å². The van der Waals surface area contributed by atoms with Crippen LogP contribution in [-0.2, 0) is 0 Å². The van der Waals surface area contributed by atoms with Gasteiger partial charge in [0.1, 0.15) is 0 Å². The molecular formula is C18H18N2. The molecule has 0 bridgehead atoms. The molecule has 0 amide bonds. The highest BCUT2D eigenvalue weighted by molar-refractivity contribution is 5.60. The SMILES string of the molecule is Cc1cccc(-c2cn(-c3c(C)cccc3C)cn2)c1. The van der Waals surface area contributed by atoms with E-state index in [4.69, 9.17) is 0 Å². The zero-order valence-electron chi connectivity index (χ0n) is 12.1. The first-order chi connectivity index (χ1) is 9.65. The maximum Gasteiger partial charge on any atom is 0.0999 e. The van der Waals surface area contributed by atoms with Crippen molar-refractivity contribution >= 4 is 0 Å². The van der Waals surface area contributed by atoms with Gasteiger partial charge in [-0.15, -0.1) is 0 Å². The topological polar surface area (TPSA) is 17.8 Å². The van der Waals surface area contributed by atoms with Crippen LogP contribution >= 0.6 is 0 Å². The Morgan fingerprint density at radius 2 is 1.60 bits per heavy atom. The molecule has 100 valence electrons. The third-order valence-electron chi connectivity index (χ3n) is 3.59. The highest BCUT2D eigenvalue weighted by atomic mass is 15.0. The molecule has 0 fully saturated rings. The van der Waals surface area contributed by atoms with Crippen LogP contribution < -0.4 is 0 Å². The lowest BCUT2D eigenvalue weighted by atomic mass is 10.1. The van der Waals surface area contributed by atoms with Crippen molar-refractivity contribution in [1.29, 1.82) is 0 Å². The summed E-state index contributed by atoms with van der Waals surface area (Å²) in [7, 11) is 0. The van der Waals surface area contributed by atoms with Crippen molar-refractivity contribution < 1.29 is 0 Å². The van der Waals surface area contributed by atoms with Crippen LogP contribution in [0.1, 0.15) is 16.7 Å². The van der Waals surface area contributed by atoms with Gasteiger partial charge in [0, 0.05) is 11.8 Å². The Labute approximate surface area is 119 Å². The molecule has 0 spiro atoms. The van der Waals surface area contributed by atoms with E-state index in [1.165, 1.54) is 22.4 Å². The molecule has 1 aromatic heterocycles. The van der Waals surface area contributed by atoms with Gasteiger partial charge >= 0.3 is 0 Å². The Kier molecular flexibility index (Phi) is 3.15. The molecule has 20 heavy (non-hydrogen) atoms. The molecule has 0 radical (unpaired) electrons. The van der Waals surface area contributed by atoms with Gasteiger partial charge in [-0.3, -0.25) is 0 Å². The Hall–Kier alpha value is -2.35. The van der Waals surface area contributed by atoms with Gasteiger partial charge in [-0.1, -0.05) is 42.0 Å². The summed E-state index contributed by atoms with van der Waals surface area (Å²) in [5.41, 5.74) is 7.17. The minimum absolute atomic E-state index is 1.01. The summed E-state index contributed by atoms with van der Waals surface area (Å²) < 4.78 is 2.11. The van der Waals surface area contributed by atoms with Gasteiger partial charge in [0.05, 0.1) is 17.7 Å². The highest BCUT2D eigenvalue weighted by Gasteiger charge is 2.07. The minimum atomic E-state index is 1.01. The first-order valence-corrected chi connectivity index (χ1v) is 6.83. The van der Waals surface area contributed by atoms with Crippen LogP contribution in [-0.4, -0.2) is 9.55 Å². The lowest BCUT2D eigenvalue weighted by Gasteiger charge is -2.09. The first kappa shape index (κ1) is 12.7. The molecule has 0 aliphatic carbocycles. The molecular weight excluding hydrogens is 244 g/mol. The Morgan fingerprint density at radius 3 is 2.30 bits per heavy atom. The number of para-hydroxylation sites is 1. The quantitative estimate of drug-likeness (QED) is 0.666. The van der Waals surface area contributed by atoms with E-state index in [1.54, 1.807) is 0 Å². The van der Waals surface area contributed by atoms with E-state index in [2.05, 4.69) is 79.0 Å². The fraction of sp³-hybridized carbons (Fsp3) is 0.167. The second-order valence-corrected chi connectivity index (χ2v) is 5.28. The predicted molar refractivity (Wildman–Crippen MR) is 83.2 cm³/mol. The summed E-state index contributed by atoms with van der Waals surface area (Å²) >= 11 is 0. The fourth-order valence-electron chi connectivity index (χ4n) is 2.61. The van der Waals surface area contributed by atoms with E-state index in [9.17, 15) is 0 Å². The molecule has 0 unspecified atom stereocenters. The van der Waals surface area contributed by atoms with Crippen LogP contribution in [0, 0.1) is 20.8 Å². The van der Waals surface area contributed by atoms with E-state index in [0.717, 1.165) is 11.3 Å². The Balaban J connectivity index is 2.07. The molecule has 2 heteroatoms. The van der Waals surface area contributed by atoms with Gasteiger partial charge in [0.15, 0.2) is 0 Å². The molecule has 0 atom stereocenters. The summed E-state index contributed by atoms with van der Waals surface area (Å²) in [6.45, 7) is 6.37. The summed E-state index contributed by atoms with van der Waals surface area (Å²) in [5.74, 6) is 0. The fourth-order valence-corrected chi connectivity index (χ4v) is 2.61. The normalized spacial score (nSPS) is 10.8. The van der Waals surface area contributed by atoms with Gasteiger partial charge in [0.25, 0.3) is 0 Å². The average molecular weight is 262 g/mol. The van der Waals surface area contributed by atoms with Gasteiger partial charge < -0.3 is 4.57 Å². The lowest BCUT2D eigenvalue weighted by molar-refractivity contribution is 1.02. The maximum absolute atomic E-state index is 4.55. The van der Waals surface area contributed by atoms with E-state index in [-0.39, 0.29) is 0 Å². The van der Waals surface area contributed by atoms with Crippen molar-refractivity contribution in [3.8, 4) is 16.9 Å². The third-order valence-corrected chi connectivity index (χ3v) is 3.59.